The highest BCUT2D eigenvalue weighted by molar-refractivity contribution is 7.19. The van der Waals surface area contributed by atoms with Crippen LogP contribution < -0.4 is 4.74 Å². The van der Waals surface area contributed by atoms with Crippen molar-refractivity contribution in [3.63, 3.8) is 0 Å². The van der Waals surface area contributed by atoms with Gasteiger partial charge in [-0.3, -0.25) is 4.79 Å². The van der Waals surface area contributed by atoms with E-state index >= 15 is 0 Å². The monoisotopic (exact) mass is 367 g/mol. The number of hydrogen-bond acceptors (Lipinski definition) is 4. The molecule has 0 spiro atoms. The van der Waals surface area contributed by atoms with Gasteiger partial charge in [-0.05, 0) is 47.9 Å². The van der Waals surface area contributed by atoms with Crippen LogP contribution in [-0.4, -0.2) is 22.7 Å². The number of carboxylic acids is 1. The second-order valence-electron chi connectivity index (χ2n) is 6.00. The van der Waals surface area contributed by atoms with Gasteiger partial charge in [0.2, 0.25) is 0 Å². The highest BCUT2D eigenvalue weighted by Crippen LogP contribution is 2.30. The van der Waals surface area contributed by atoms with Gasteiger partial charge < -0.3 is 9.84 Å². The number of aliphatic carboxylic acids is 1. The summed E-state index contributed by atoms with van der Waals surface area (Å²) in [7, 11) is 0. The predicted molar refractivity (Wildman–Crippen MR) is 107 cm³/mol. The minimum Gasteiger partial charge on any atom is -0.494 e. The molecule has 3 aromatic rings. The van der Waals surface area contributed by atoms with Gasteiger partial charge in [0, 0.05) is 0 Å². The second-order valence-corrected chi connectivity index (χ2v) is 7.03. The van der Waals surface area contributed by atoms with Crippen LogP contribution in [-0.2, 0) is 4.79 Å². The van der Waals surface area contributed by atoms with Crippen molar-refractivity contribution < 1.29 is 14.6 Å². The van der Waals surface area contributed by atoms with Crippen molar-refractivity contribution in [2.75, 3.05) is 6.61 Å². The molecule has 3 rings (SSSR count). The zero-order valence-corrected chi connectivity index (χ0v) is 15.5. The Balaban J connectivity index is 1.86. The number of benzene rings is 2. The fraction of sp³-hybridized carbons (Fsp3) is 0.238. The lowest BCUT2D eigenvalue weighted by atomic mass is 10.1. The van der Waals surface area contributed by atoms with Crippen molar-refractivity contribution in [2.45, 2.75) is 26.2 Å². The summed E-state index contributed by atoms with van der Waals surface area (Å²) >= 11 is 1.52. The predicted octanol–water partition coefficient (Wildman–Crippen LogP) is 5.49. The molecule has 0 aliphatic rings. The third kappa shape index (κ3) is 4.70. The Morgan fingerprint density at radius 1 is 1.19 bits per heavy atom. The lowest BCUT2D eigenvalue weighted by Crippen LogP contribution is -1.97. The van der Waals surface area contributed by atoms with Crippen LogP contribution >= 0.6 is 11.3 Å². The van der Waals surface area contributed by atoms with Crippen LogP contribution in [0.3, 0.4) is 0 Å². The van der Waals surface area contributed by atoms with Gasteiger partial charge in [0.15, 0.2) is 0 Å². The maximum absolute atomic E-state index is 11.3. The molecule has 1 aromatic heterocycles. The van der Waals surface area contributed by atoms with E-state index in [0.717, 1.165) is 39.4 Å². The first-order chi connectivity index (χ1) is 12.7. The second kappa shape index (κ2) is 8.63. The topological polar surface area (TPSA) is 59.4 Å². The molecule has 0 amide bonds. The molecule has 0 radical (unpaired) electrons. The molecular weight excluding hydrogens is 346 g/mol. The van der Waals surface area contributed by atoms with Gasteiger partial charge in [0.25, 0.3) is 0 Å². The zero-order valence-electron chi connectivity index (χ0n) is 14.6. The Hall–Kier alpha value is -2.66. The van der Waals surface area contributed by atoms with E-state index in [4.69, 9.17) is 4.74 Å². The van der Waals surface area contributed by atoms with Crippen LogP contribution in [0.4, 0.5) is 0 Å². The molecule has 0 saturated heterocycles. The quantitative estimate of drug-likeness (QED) is 0.535. The van der Waals surface area contributed by atoms with Crippen LogP contribution in [0.15, 0.2) is 48.5 Å². The molecule has 0 atom stereocenters. The van der Waals surface area contributed by atoms with E-state index in [-0.39, 0.29) is 6.42 Å². The molecule has 1 N–H and O–H groups in total. The van der Waals surface area contributed by atoms with E-state index in [2.05, 4.69) is 11.9 Å². The summed E-state index contributed by atoms with van der Waals surface area (Å²) in [6, 6.07) is 15.5. The Bertz CT molecular complexity index is 879. The number of aromatic nitrogens is 1. The number of unbranched alkanes of at least 4 members (excludes halogenated alkanes) is 1. The third-order valence-electron chi connectivity index (χ3n) is 3.90. The van der Waals surface area contributed by atoms with Crippen molar-refractivity contribution in [3.05, 3.63) is 59.1 Å². The van der Waals surface area contributed by atoms with Crippen molar-refractivity contribution >= 4 is 39.2 Å². The number of nitrogens with zero attached hydrogens (tertiary/aromatic N) is 1. The molecule has 0 saturated carbocycles. The van der Waals surface area contributed by atoms with Gasteiger partial charge in [-0.1, -0.05) is 37.6 Å². The highest BCUT2D eigenvalue weighted by atomic mass is 32.1. The first-order valence-electron chi connectivity index (χ1n) is 8.67. The van der Waals surface area contributed by atoms with Crippen molar-refractivity contribution in [3.8, 4) is 5.75 Å². The van der Waals surface area contributed by atoms with Gasteiger partial charge in [-0.15, -0.1) is 11.3 Å². The largest absolute Gasteiger partial charge is 0.494 e. The average Bonchev–Trinajstić information content (AvgIpc) is 3.06. The minimum absolute atomic E-state index is 0.0609. The lowest BCUT2D eigenvalue weighted by Gasteiger charge is -2.06. The summed E-state index contributed by atoms with van der Waals surface area (Å²) in [6.45, 7) is 2.84. The van der Waals surface area contributed by atoms with Crippen molar-refractivity contribution in [2.24, 2.45) is 0 Å². The van der Waals surface area contributed by atoms with E-state index in [1.807, 2.05) is 54.6 Å². The molecule has 0 aliphatic heterocycles. The number of para-hydroxylation sites is 1. The van der Waals surface area contributed by atoms with Crippen LogP contribution in [0, 0.1) is 0 Å². The average molecular weight is 367 g/mol. The van der Waals surface area contributed by atoms with Gasteiger partial charge in [-0.2, -0.15) is 0 Å². The summed E-state index contributed by atoms with van der Waals surface area (Å²) in [6.07, 6.45) is 3.96. The summed E-state index contributed by atoms with van der Waals surface area (Å²) in [5, 5.41) is 10.0. The standard InChI is InChI=1S/C21H21NO3S/c1-2-3-12-25-17-10-8-15(9-11-17)13-16(14-20(23)24)21-22-18-6-4-5-7-19(18)26-21/h4-11,13H,2-3,12,14H2,1H3,(H,23,24)/b16-13-. The maximum atomic E-state index is 11.3. The van der Waals surface area contributed by atoms with E-state index in [9.17, 15) is 9.90 Å². The zero-order chi connectivity index (χ0) is 18.4. The molecule has 1 heterocycles. The molecule has 0 aliphatic carbocycles. The number of carboxylic acid groups (broad SMARTS) is 1. The van der Waals surface area contributed by atoms with E-state index in [0.29, 0.717) is 12.2 Å². The van der Waals surface area contributed by atoms with Gasteiger partial charge in [0.1, 0.15) is 10.8 Å². The first-order valence-corrected chi connectivity index (χ1v) is 9.48. The van der Waals surface area contributed by atoms with Crippen molar-refractivity contribution in [1.29, 1.82) is 0 Å². The molecule has 0 unspecified atom stereocenters. The summed E-state index contributed by atoms with van der Waals surface area (Å²) in [5.74, 6) is -0.0367. The number of carbonyl (C=O) groups is 1. The number of ether oxygens (including phenoxy) is 1. The molecular formula is C21H21NO3S. The smallest absolute Gasteiger partial charge is 0.307 e. The van der Waals surface area contributed by atoms with Crippen LogP contribution in [0.2, 0.25) is 0 Å². The van der Waals surface area contributed by atoms with Crippen LogP contribution in [0.1, 0.15) is 36.8 Å². The van der Waals surface area contributed by atoms with Gasteiger partial charge in [-0.25, -0.2) is 4.98 Å². The Kier molecular flexibility index (Phi) is 6.02. The Labute approximate surface area is 156 Å². The Morgan fingerprint density at radius 2 is 1.96 bits per heavy atom. The molecule has 5 heteroatoms. The third-order valence-corrected chi connectivity index (χ3v) is 5.01. The molecule has 2 aromatic carbocycles. The number of fused-ring (bicyclic) bond motifs is 1. The molecule has 0 fully saturated rings. The van der Waals surface area contributed by atoms with E-state index in [1.165, 1.54) is 11.3 Å². The number of rotatable bonds is 8. The maximum Gasteiger partial charge on any atom is 0.307 e. The van der Waals surface area contributed by atoms with E-state index in [1.54, 1.807) is 0 Å². The van der Waals surface area contributed by atoms with Crippen molar-refractivity contribution in [1.82, 2.24) is 4.98 Å². The number of thiazole rings is 1. The lowest BCUT2D eigenvalue weighted by molar-refractivity contribution is -0.135. The SMILES string of the molecule is CCCCOc1ccc(/C=C(/CC(=O)O)c2nc3ccccc3s2)cc1. The molecule has 134 valence electrons. The molecule has 26 heavy (non-hydrogen) atoms. The highest BCUT2D eigenvalue weighted by Gasteiger charge is 2.12. The molecule has 4 nitrogen and oxygen atoms in total. The van der Waals surface area contributed by atoms with Gasteiger partial charge >= 0.3 is 5.97 Å². The first kappa shape index (κ1) is 18.1. The fourth-order valence-electron chi connectivity index (χ4n) is 2.56. The summed E-state index contributed by atoms with van der Waals surface area (Å²) in [5.41, 5.74) is 2.53. The Morgan fingerprint density at radius 3 is 2.65 bits per heavy atom. The summed E-state index contributed by atoms with van der Waals surface area (Å²) in [4.78, 5) is 15.9. The van der Waals surface area contributed by atoms with Crippen LogP contribution in [0.5, 0.6) is 5.75 Å². The minimum atomic E-state index is -0.866. The fourth-order valence-corrected chi connectivity index (χ4v) is 3.54. The molecule has 0 bridgehead atoms. The summed E-state index contributed by atoms with van der Waals surface area (Å²) < 4.78 is 6.72. The number of hydrogen-bond donors (Lipinski definition) is 1. The van der Waals surface area contributed by atoms with Crippen LogP contribution in [0.25, 0.3) is 21.9 Å². The normalized spacial score (nSPS) is 11.7. The van der Waals surface area contributed by atoms with E-state index < -0.39 is 5.97 Å². The van der Waals surface area contributed by atoms with Gasteiger partial charge in [0.05, 0.1) is 23.2 Å².